The van der Waals surface area contributed by atoms with Crippen LogP contribution in [-0.4, -0.2) is 109 Å². The van der Waals surface area contributed by atoms with E-state index >= 15 is 0 Å². The number of amides is 3. The summed E-state index contributed by atoms with van der Waals surface area (Å²) < 4.78 is 0. The summed E-state index contributed by atoms with van der Waals surface area (Å²) in [7, 11) is 1.82. The topological polar surface area (TPSA) is 88.2 Å². The maximum atomic E-state index is 13.7. The number of rotatable bonds is 11. The second-order valence-corrected chi connectivity index (χ2v) is 11.8. The number of likely N-dealkylation sites (tertiary alicyclic amines) is 1. The summed E-state index contributed by atoms with van der Waals surface area (Å²) >= 11 is 6.06. The number of piperazine rings is 1. The average Bonchev–Trinajstić information content (AvgIpc) is 2.92. The lowest BCUT2D eigenvalue weighted by Crippen LogP contribution is -2.61. The summed E-state index contributed by atoms with van der Waals surface area (Å²) in [6.07, 6.45) is 2.66. The van der Waals surface area contributed by atoms with E-state index in [9.17, 15) is 14.4 Å². The summed E-state index contributed by atoms with van der Waals surface area (Å²) in [6, 6.07) is 7.23. The van der Waals surface area contributed by atoms with Crippen molar-refractivity contribution in [2.24, 2.45) is 5.92 Å². The van der Waals surface area contributed by atoms with Gasteiger partial charge in [-0.05, 0) is 50.4 Å². The van der Waals surface area contributed by atoms with E-state index in [1.54, 1.807) is 6.92 Å². The molecule has 0 aromatic heterocycles. The zero-order valence-electron chi connectivity index (χ0n) is 24.3. The van der Waals surface area contributed by atoms with Crippen molar-refractivity contribution in [1.82, 2.24) is 30.5 Å². The normalized spacial score (nSPS) is 18.9. The molecule has 0 spiro atoms. The number of hydrazine groups is 1. The maximum absolute atomic E-state index is 13.7. The van der Waals surface area contributed by atoms with Gasteiger partial charge in [-0.2, -0.15) is 0 Å². The molecule has 2 saturated heterocycles. The van der Waals surface area contributed by atoms with Gasteiger partial charge in [0, 0.05) is 82.7 Å². The Morgan fingerprint density at radius 3 is 2.13 bits per heavy atom. The van der Waals surface area contributed by atoms with Gasteiger partial charge in [-0.1, -0.05) is 37.6 Å². The fourth-order valence-corrected chi connectivity index (χ4v) is 5.56. The average molecular weight is 563 g/mol. The molecular formula is C29H47ClN6O3. The molecule has 1 unspecified atom stereocenters. The molecule has 10 heteroatoms. The Kier molecular flexibility index (Phi) is 12.0. The fraction of sp³-hybridized carbons (Fsp3) is 0.690. The Morgan fingerprint density at radius 2 is 1.59 bits per heavy atom. The van der Waals surface area contributed by atoms with E-state index in [2.05, 4.69) is 34.5 Å². The smallest absolute Gasteiger partial charge is 0.245 e. The van der Waals surface area contributed by atoms with Crippen LogP contribution in [0.15, 0.2) is 24.3 Å². The van der Waals surface area contributed by atoms with Crippen LogP contribution in [0, 0.1) is 5.92 Å². The molecule has 3 rings (SSSR count). The maximum Gasteiger partial charge on any atom is 0.245 e. The highest BCUT2D eigenvalue weighted by molar-refractivity contribution is 6.30. The van der Waals surface area contributed by atoms with Crippen LogP contribution in [0.1, 0.15) is 52.5 Å². The first-order valence-corrected chi connectivity index (χ1v) is 14.7. The molecule has 218 valence electrons. The number of hydrogen-bond acceptors (Lipinski definition) is 6. The standard InChI is InChI=1S/C29H47ClN6O3/c1-21(2)20-36(26-10-12-33(13-11-26)23(4)37)35-16-14-34(15-17-35)29(39)27(32-28(38)18-22(3)31-5)19-24-6-8-25(30)9-7-24/h6-9,21-22,26-27,31H,10-20H2,1-5H3,(H,32,38)/t22?,27-/m1/s1. The van der Waals surface area contributed by atoms with Gasteiger partial charge < -0.3 is 20.4 Å². The molecule has 0 radical (unpaired) electrons. The predicted molar refractivity (Wildman–Crippen MR) is 155 cm³/mol. The van der Waals surface area contributed by atoms with Gasteiger partial charge >= 0.3 is 0 Å². The van der Waals surface area contributed by atoms with Crippen LogP contribution in [0.5, 0.6) is 0 Å². The molecule has 9 nitrogen and oxygen atoms in total. The van der Waals surface area contributed by atoms with Gasteiger partial charge in [0.2, 0.25) is 17.7 Å². The van der Waals surface area contributed by atoms with Crippen LogP contribution in [-0.2, 0) is 20.8 Å². The minimum atomic E-state index is -0.628. The molecule has 0 saturated carbocycles. The molecule has 2 aliphatic rings. The molecule has 2 atom stereocenters. The van der Waals surface area contributed by atoms with E-state index in [0.29, 0.717) is 42.9 Å². The summed E-state index contributed by atoms with van der Waals surface area (Å²) in [5.41, 5.74) is 0.957. The third-order valence-corrected chi connectivity index (χ3v) is 8.04. The molecular weight excluding hydrogens is 516 g/mol. The third-order valence-electron chi connectivity index (χ3n) is 7.79. The van der Waals surface area contributed by atoms with Gasteiger partial charge in [0.25, 0.3) is 0 Å². The minimum Gasteiger partial charge on any atom is -0.344 e. The molecule has 1 aromatic rings. The highest BCUT2D eigenvalue weighted by atomic mass is 35.5. The lowest BCUT2D eigenvalue weighted by molar-refractivity contribution is -0.146. The Bertz CT molecular complexity index is 943. The molecule has 1 aromatic carbocycles. The second kappa shape index (κ2) is 15.0. The molecule has 3 amide bonds. The number of benzene rings is 1. The first kappa shape index (κ1) is 31.3. The fourth-order valence-electron chi connectivity index (χ4n) is 5.43. The van der Waals surface area contributed by atoms with Gasteiger partial charge in [0.15, 0.2) is 0 Å². The van der Waals surface area contributed by atoms with Crippen molar-refractivity contribution in [2.45, 2.75) is 71.5 Å². The van der Waals surface area contributed by atoms with Gasteiger partial charge in [0.05, 0.1) is 0 Å². The lowest BCUT2D eigenvalue weighted by atomic mass is 10.0. The lowest BCUT2D eigenvalue weighted by Gasteiger charge is -2.47. The summed E-state index contributed by atoms with van der Waals surface area (Å²) in [5.74, 6) is 0.481. The Hall–Kier alpha value is -2.20. The van der Waals surface area contributed by atoms with E-state index in [-0.39, 0.29) is 23.8 Å². The van der Waals surface area contributed by atoms with E-state index in [1.807, 2.05) is 48.0 Å². The van der Waals surface area contributed by atoms with Crippen molar-refractivity contribution < 1.29 is 14.4 Å². The number of hydrogen-bond donors (Lipinski definition) is 2. The first-order chi connectivity index (χ1) is 18.6. The Balaban J connectivity index is 1.65. The Morgan fingerprint density at radius 1 is 0.974 bits per heavy atom. The van der Waals surface area contributed by atoms with Crippen LogP contribution in [0.2, 0.25) is 5.02 Å². The van der Waals surface area contributed by atoms with Crippen molar-refractivity contribution >= 4 is 29.3 Å². The number of carbonyl (C=O) groups is 3. The van der Waals surface area contributed by atoms with Crippen LogP contribution >= 0.6 is 11.6 Å². The first-order valence-electron chi connectivity index (χ1n) is 14.3. The SMILES string of the molecule is CNC(C)CC(=O)N[C@H](Cc1ccc(Cl)cc1)C(=O)N1CCN(N(CC(C)C)C2CCN(C(C)=O)CC2)CC1. The number of carbonyl (C=O) groups excluding carboxylic acids is 3. The summed E-state index contributed by atoms with van der Waals surface area (Å²) in [6.45, 7) is 13.3. The molecule has 2 fully saturated rings. The number of piperidine rings is 1. The predicted octanol–water partition coefficient (Wildman–Crippen LogP) is 2.39. The van der Waals surface area contributed by atoms with Crippen molar-refractivity contribution in [1.29, 1.82) is 0 Å². The number of nitrogens with one attached hydrogen (secondary N) is 2. The summed E-state index contributed by atoms with van der Waals surface area (Å²) in [4.78, 5) is 42.1. The van der Waals surface area contributed by atoms with Crippen molar-refractivity contribution in [3.05, 3.63) is 34.9 Å². The van der Waals surface area contributed by atoms with Crippen LogP contribution in [0.3, 0.4) is 0 Å². The minimum absolute atomic E-state index is 0.0223. The van der Waals surface area contributed by atoms with Crippen molar-refractivity contribution in [3.63, 3.8) is 0 Å². The van der Waals surface area contributed by atoms with Crippen LogP contribution in [0.25, 0.3) is 0 Å². The van der Waals surface area contributed by atoms with Gasteiger partial charge in [-0.3, -0.25) is 14.4 Å². The number of nitrogens with zero attached hydrogens (tertiary/aromatic N) is 4. The quantitative estimate of drug-likeness (QED) is 0.431. The van der Waals surface area contributed by atoms with Crippen molar-refractivity contribution in [2.75, 3.05) is 52.9 Å². The summed E-state index contributed by atoms with van der Waals surface area (Å²) in [5, 5.41) is 11.6. The Labute approximate surface area is 239 Å². The van der Waals surface area contributed by atoms with Gasteiger partial charge in [0.1, 0.15) is 6.04 Å². The van der Waals surface area contributed by atoms with Gasteiger partial charge in [-0.15, -0.1) is 0 Å². The van der Waals surface area contributed by atoms with Gasteiger partial charge in [-0.25, -0.2) is 10.0 Å². The van der Waals surface area contributed by atoms with E-state index in [0.717, 1.165) is 51.1 Å². The molecule has 2 heterocycles. The number of halogens is 1. The molecule has 2 aliphatic heterocycles. The van der Waals surface area contributed by atoms with E-state index < -0.39 is 6.04 Å². The molecule has 0 bridgehead atoms. The van der Waals surface area contributed by atoms with E-state index in [4.69, 9.17) is 11.6 Å². The monoisotopic (exact) mass is 562 g/mol. The third kappa shape index (κ3) is 9.45. The molecule has 39 heavy (non-hydrogen) atoms. The molecule has 2 N–H and O–H groups in total. The largest absolute Gasteiger partial charge is 0.344 e. The second-order valence-electron chi connectivity index (χ2n) is 11.4. The highest BCUT2D eigenvalue weighted by Gasteiger charge is 2.34. The van der Waals surface area contributed by atoms with Crippen LogP contribution in [0.4, 0.5) is 0 Å². The van der Waals surface area contributed by atoms with Crippen LogP contribution < -0.4 is 10.6 Å². The van der Waals surface area contributed by atoms with Crippen molar-refractivity contribution in [3.8, 4) is 0 Å². The molecule has 0 aliphatic carbocycles. The zero-order chi connectivity index (χ0) is 28.5. The zero-order valence-corrected chi connectivity index (χ0v) is 25.0. The van der Waals surface area contributed by atoms with E-state index in [1.165, 1.54) is 0 Å². The highest BCUT2D eigenvalue weighted by Crippen LogP contribution is 2.22.